The van der Waals surface area contributed by atoms with Crippen LogP contribution in [0.3, 0.4) is 0 Å². The third kappa shape index (κ3) is 5.74. The van der Waals surface area contributed by atoms with Gasteiger partial charge in [0.25, 0.3) is 5.91 Å². The molecule has 2 amide bonds. The Morgan fingerprint density at radius 3 is 2.49 bits per heavy atom. The highest BCUT2D eigenvalue weighted by Gasteiger charge is 2.44. The molecule has 0 aromatic heterocycles. The summed E-state index contributed by atoms with van der Waals surface area (Å²) >= 11 is 9.14. The zero-order valence-electron chi connectivity index (χ0n) is 20.9. The summed E-state index contributed by atoms with van der Waals surface area (Å²) in [4.78, 5) is 42.0. The normalized spacial score (nSPS) is 16.0. The molecular formula is C28H24BrN3O6S. The van der Waals surface area contributed by atoms with Crippen LogP contribution in [0.1, 0.15) is 29.3 Å². The molecule has 5 rings (SSSR count). The van der Waals surface area contributed by atoms with Gasteiger partial charge in [-0.15, -0.1) is 0 Å². The van der Waals surface area contributed by atoms with E-state index in [9.17, 15) is 14.4 Å². The summed E-state index contributed by atoms with van der Waals surface area (Å²) in [7, 11) is 0. The van der Waals surface area contributed by atoms with Crippen LogP contribution < -0.4 is 19.7 Å². The van der Waals surface area contributed by atoms with Crippen molar-refractivity contribution in [3.63, 3.8) is 0 Å². The van der Waals surface area contributed by atoms with E-state index in [1.54, 1.807) is 54.3 Å². The standard InChI is InChI=1S/C28H24BrN3O6S/c1-2-36-27(35)18-4-10-21(11-5-18)32-26(34)22(14-25(33)30-20-8-6-19(29)7-9-20)31(28(32)39)15-17-3-12-23-24(13-17)38-16-37-23/h3-13,22H,2,14-16H2,1H3,(H,30,33). The second kappa shape index (κ2) is 11.4. The minimum absolute atomic E-state index is 0.114. The molecule has 1 fully saturated rings. The number of rotatable bonds is 8. The molecule has 2 aliphatic rings. The smallest absolute Gasteiger partial charge is 0.338 e. The molecule has 1 atom stereocenters. The summed E-state index contributed by atoms with van der Waals surface area (Å²) in [5, 5.41) is 3.10. The Morgan fingerprint density at radius 1 is 1.05 bits per heavy atom. The molecule has 2 aliphatic heterocycles. The van der Waals surface area contributed by atoms with Crippen molar-refractivity contribution in [1.29, 1.82) is 0 Å². The number of nitrogens with one attached hydrogen (secondary N) is 1. The van der Waals surface area contributed by atoms with E-state index in [1.807, 2.05) is 24.3 Å². The minimum atomic E-state index is -0.844. The predicted octanol–water partition coefficient (Wildman–Crippen LogP) is 4.89. The summed E-state index contributed by atoms with van der Waals surface area (Å²) in [5.74, 6) is 0.142. The Hall–Kier alpha value is -3.96. The number of amides is 2. The van der Waals surface area contributed by atoms with E-state index in [0.717, 1.165) is 10.0 Å². The lowest BCUT2D eigenvalue weighted by Crippen LogP contribution is -2.37. The maximum atomic E-state index is 13.7. The Labute approximate surface area is 238 Å². The molecule has 0 bridgehead atoms. The molecular weight excluding hydrogens is 586 g/mol. The zero-order valence-corrected chi connectivity index (χ0v) is 23.3. The number of carbonyl (C=O) groups is 3. The van der Waals surface area contributed by atoms with E-state index < -0.39 is 12.0 Å². The van der Waals surface area contributed by atoms with Crippen molar-refractivity contribution in [3.05, 3.63) is 82.3 Å². The number of benzene rings is 3. The van der Waals surface area contributed by atoms with Crippen LogP contribution in [0, 0.1) is 0 Å². The number of halogens is 1. The molecule has 0 saturated carbocycles. The van der Waals surface area contributed by atoms with Gasteiger partial charge >= 0.3 is 5.97 Å². The second-order valence-corrected chi connectivity index (χ2v) is 10.1. The number of anilines is 2. The monoisotopic (exact) mass is 609 g/mol. The second-order valence-electron chi connectivity index (χ2n) is 8.81. The Kier molecular flexibility index (Phi) is 7.80. The van der Waals surface area contributed by atoms with E-state index in [4.69, 9.17) is 26.4 Å². The number of carbonyl (C=O) groups excluding carboxylic acids is 3. The SMILES string of the molecule is CCOC(=O)c1ccc(N2C(=O)C(CC(=O)Nc3ccc(Br)cc3)N(Cc3ccc4c(c3)OCO4)C2=S)cc1. The van der Waals surface area contributed by atoms with Crippen molar-refractivity contribution in [1.82, 2.24) is 4.90 Å². The van der Waals surface area contributed by atoms with Crippen LogP contribution in [0.25, 0.3) is 0 Å². The summed E-state index contributed by atoms with van der Waals surface area (Å²) in [6.07, 6.45) is -0.114. The minimum Gasteiger partial charge on any atom is -0.462 e. The number of ether oxygens (including phenoxy) is 3. The van der Waals surface area contributed by atoms with E-state index in [0.29, 0.717) is 28.4 Å². The first kappa shape index (κ1) is 26.6. The van der Waals surface area contributed by atoms with Gasteiger partial charge in [-0.2, -0.15) is 0 Å². The van der Waals surface area contributed by atoms with Gasteiger partial charge in [0, 0.05) is 16.7 Å². The summed E-state index contributed by atoms with van der Waals surface area (Å²) in [6, 6.07) is 18.3. The van der Waals surface area contributed by atoms with Gasteiger partial charge in [-0.1, -0.05) is 22.0 Å². The van der Waals surface area contributed by atoms with Gasteiger partial charge < -0.3 is 24.4 Å². The number of fused-ring (bicyclic) bond motifs is 1. The Balaban J connectivity index is 1.40. The van der Waals surface area contributed by atoms with Crippen LogP contribution in [-0.2, 0) is 20.9 Å². The third-order valence-electron chi connectivity index (χ3n) is 6.25. The lowest BCUT2D eigenvalue weighted by molar-refractivity contribution is -0.124. The topological polar surface area (TPSA) is 97.4 Å². The van der Waals surface area contributed by atoms with Crippen molar-refractivity contribution in [2.45, 2.75) is 25.9 Å². The fourth-order valence-electron chi connectivity index (χ4n) is 4.37. The molecule has 200 valence electrons. The molecule has 0 aliphatic carbocycles. The van der Waals surface area contributed by atoms with Crippen LogP contribution in [0.5, 0.6) is 11.5 Å². The molecule has 0 spiro atoms. The summed E-state index contributed by atoms with van der Waals surface area (Å²) in [5.41, 5.74) is 2.31. The fourth-order valence-corrected chi connectivity index (χ4v) is 5.02. The Morgan fingerprint density at radius 2 is 1.77 bits per heavy atom. The van der Waals surface area contributed by atoms with Crippen LogP contribution in [0.4, 0.5) is 11.4 Å². The van der Waals surface area contributed by atoms with Crippen molar-refractivity contribution >= 4 is 62.4 Å². The van der Waals surface area contributed by atoms with E-state index in [-0.39, 0.29) is 43.3 Å². The predicted molar refractivity (Wildman–Crippen MR) is 152 cm³/mol. The molecule has 0 radical (unpaired) electrons. The van der Waals surface area contributed by atoms with Crippen LogP contribution in [0.2, 0.25) is 0 Å². The molecule has 1 N–H and O–H groups in total. The zero-order chi connectivity index (χ0) is 27.5. The molecule has 3 aromatic rings. The number of hydrogen-bond acceptors (Lipinski definition) is 7. The quantitative estimate of drug-likeness (QED) is 0.285. The van der Waals surface area contributed by atoms with Gasteiger partial charge in [0.2, 0.25) is 12.7 Å². The lowest BCUT2D eigenvalue weighted by atomic mass is 10.1. The molecule has 3 aromatic carbocycles. The maximum Gasteiger partial charge on any atom is 0.338 e. The number of nitrogens with zero attached hydrogens (tertiary/aromatic N) is 2. The largest absolute Gasteiger partial charge is 0.462 e. The van der Waals surface area contributed by atoms with Crippen molar-refractivity contribution < 1.29 is 28.6 Å². The van der Waals surface area contributed by atoms with Gasteiger partial charge in [-0.25, -0.2) is 4.79 Å². The highest BCUT2D eigenvalue weighted by atomic mass is 79.9. The molecule has 11 heteroatoms. The number of hydrogen-bond donors (Lipinski definition) is 1. The molecule has 9 nitrogen and oxygen atoms in total. The van der Waals surface area contributed by atoms with Gasteiger partial charge in [-0.3, -0.25) is 14.5 Å². The summed E-state index contributed by atoms with van der Waals surface area (Å²) in [6.45, 7) is 2.41. The highest BCUT2D eigenvalue weighted by molar-refractivity contribution is 9.10. The number of thiocarbonyl (C=S) groups is 1. The highest BCUT2D eigenvalue weighted by Crippen LogP contribution is 2.35. The first-order valence-corrected chi connectivity index (χ1v) is 13.4. The fraction of sp³-hybridized carbons (Fsp3) is 0.214. The third-order valence-corrected chi connectivity index (χ3v) is 7.20. The lowest BCUT2D eigenvalue weighted by Gasteiger charge is -2.24. The van der Waals surface area contributed by atoms with Crippen LogP contribution in [0.15, 0.2) is 71.2 Å². The van der Waals surface area contributed by atoms with E-state index in [1.165, 1.54) is 4.90 Å². The van der Waals surface area contributed by atoms with Crippen molar-refractivity contribution in [2.75, 3.05) is 23.6 Å². The average molecular weight is 610 g/mol. The first-order chi connectivity index (χ1) is 18.8. The Bertz CT molecular complexity index is 1430. The van der Waals surface area contributed by atoms with Crippen molar-refractivity contribution in [2.24, 2.45) is 0 Å². The molecule has 1 unspecified atom stereocenters. The van der Waals surface area contributed by atoms with Crippen LogP contribution in [-0.4, -0.2) is 47.2 Å². The van der Waals surface area contributed by atoms with Gasteiger partial charge in [0.1, 0.15) is 6.04 Å². The van der Waals surface area contributed by atoms with Gasteiger partial charge in [0.05, 0.1) is 24.3 Å². The van der Waals surface area contributed by atoms with Crippen molar-refractivity contribution in [3.8, 4) is 11.5 Å². The molecule has 39 heavy (non-hydrogen) atoms. The van der Waals surface area contributed by atoms with Gasteiger partial charge in [0.15, 0.2) is 16.6 Å². The van der Waals surface area contributed by atoms with Crippen LogP contribution >= 0.6 is 28.1 Å². The van der Waals surface area contributed by atoms with E-state index in [2.05, 4.69) is 21.2 Å². The number of esters is 1. The first-order valence-electron chi connectivity index (χ1n) is 12.2. The molecule has 2 heterocycles. The average Bonchev–Trinajstić information content (AvgIpc) is 3.48. The molecule has 1 saturated heterocycles. The summed E-state index contributed by atoms with van der Waals surface area (Å²) < 4.78 is 16.8. The maximum absolute atomic E-state index is 13.7. The van der Waals surface area contributed by atoms with E-state index >= 15 is 0 Å². The van der Waals surface area contributed by atoms with Gasteiger partial charge in [-0.05, 0) is 85.4 Å².